The first-order chi connectivity index (χ1) is 8.21. The van der Waals surface area contributed by atoms with E-state index in [1.54, 1.807) is 19.1 Å². The predicted molar refractivity (Wildman–Crippen MR) is 63.6 cm³/mol. The molecular formula is C11H7Cl2F4N. The van der Waals surface area contributed by atoms with Crippen LogP contribution in [0.1, 0.15) is 11.1 Å². The molecule has 0 spiro atoms. The Bertz CT molecular complexity index is 485. The van der Waals surface area contributed by atoms with Gasteiger partial charge in [0, 0.05) is 5.56 Å². The molecule has 98 valence electrons. The fourth-order valence-electron chi connectivity index (χ4n) is 1.07. The quantitative estimate of drug-likeness (QED) is 0.427. The zero-order valence-electron chi connectivity index (χ0n) is 9.02. The molecule has 0 saturated heterocycles. The fourth-order valence-corrected chi connectivity index (χ4v) is 1.39. The van der Waals surface area contributed by atoms with Crippen molar-refractivity contribution in [1.82, 2.24) is 0 Å². The van der Waals surface area contributed by atoms with Crippen LogP contribution in [-0.4, -0.2) is 10.6 Å². The minimum atomic E-state index is -4.27. The maximum absolute atomic E-state index is 12.6. The summed E-state index contributed by atoms with van der Waals surface area (Å²) < 4.78 is 49.8. The first-order valence-corrected chi connectivity index (χ1v) is 5.41. The third-order valence-corrected chi connectivity index (χ3v) is 2.43. The highest BCUT2D eigenvalue weighted by molar-refractivity contribution is 6.69. The summed E-state index contributed by atoms with van der Waals surface area (Å²) in [5, 5.41) is -4.76. The monoisotopic (exact) mass is 299 g/mol. The molecule has 1 nitrogen and oxygen atoms in total. The normalized spacial score (nSPS) is 12.5. The van der Waals surface area contributed by atoms with Gasteiger partial charge in [-0.3, -0.25) is 0 Å². The number of nitrogens with zero attached hydrogens (tertiary/aromatic N) is 1. The number of benzene rings is 1. The molecule has 0 aromatic heterocycles. The highest BCUT2D eigenvalue weighted by Gasteiger charge is 2.36. The summed E-state index contributed by atoms with van der Waals surface area (Å²) in [5.74, 6) is 0. The molecule has 0 unspecified atom stereocenters. The summed E-state index contributed by atoms with van der Waals surface area (Å²) >= 11 is 10.1. The summed E-state index contributed by atoms with van der Waals surface area (Å²) in [4.78, 5) is 2.98. The van der Waals surface area contributed by atoms with Crippen LogP contribution in [0, 0.1) is 6.92 Å². The largest absolute Gasteiger partial charge is 0.370 e. The first-order valence-electron chi connectivity index (χ1n) is 4.65. The molecular weight excluding hydrogens is 293 g/mol. The Kier molecular flexibility index (Phi) is 4.76. The summed E-state index contributed by atoms with van der Waals surface area (Å²) in [6.45, 7) is 1.80. The van der Waals surface area contributed by atoms with E-state index in [2.05, 4.69) is 16.6 Å². The van der Waals surface area contributed by atoms with Crippen molar-refractivity contribution < 1.29 is 17.6 Å². The summed E-state index contributed by atoms with van der Waals surface area (Å²) in [6, 6.07) is 6.23. The van der Waals surface area contributed by atoms with E-state index in [1.165, 1.54) is 12.1 Å². The van der Waals surface area contributed by atoms with Crippen molar-refractivity contribution in [2.45, 2.75) is 12.3 Å². The van der Waals surface area contributed by atoms with Gasteiger partial charge in [-0.05, 0) is 18.5 Å². The molecule has 0 fully saturated rings. The van der Waals surface area contributed by atoms with Crippen LogP contribution in [0.25, 0.3) is 0 Å². The first kappa shape index (κ1) is 15.0. The molecule has 0 radical (unpaired) electrons. The minimum Gasteiger partial charge on any atom is -0.227 e. The molecule has 0 aliphatic rings. The molecule has 7 heteroatoms. The van der Waals surface area contributed by atoms with Gasteiger partial charge in [-0.1, -0.05) is 41.4 Å². The van der Waals surface area contributed by atoms with E-state index in [1.807, 2.05) is 0 Å². The smallest absolute Gasteiger partial charge is 0.227 e. The van der Waals surface area contributed by atoms with Crippen molar-refractivity contribution in [2.24, 2.45) is 4.99 Å². The number of rotatable bonds is 3. The number of aryl methyl sites for hydroxylation is 1. The van der Waals surface area contributed by atoms with Crippen molar-refractivity contribution in [3.05, 3.63) is 47.2 Å². The molecule has 0 N–H and O–H groups in total. The fraction of sp³-hybridized carbons (Fsp3) is 0.182. The van der Waals surface area contributed by atoms with Crippen molar-refractivity contribution in [3.8, 4) is 0 Å². The van der Waals surface area contributed by atoms with Gasteiger partial charge in [0.05, 0.1) is 0 Å². The van der Waals surface area contributed by atoms with Crippen LogP contribution in [0.15, 0.2) is 41.0 Å². The zero-order chi connectivity index (χ0) is 13.9. The van der Waals surface area contributed by atoms with Crippen LogP contribution in [-0.2, 0) is 0 Å². The molecule has 0 amide bonds. The van der Waals surface area contributed by atoms with E-state index in [0.717, 1.165) is 5.56 Å². The van der Waals surface area contributed by atoms with Crippen LogP contribution in [0.2, 0.25) is 0 Å². The second-order valence-corrected chi connectivity index (χ2v) is 4.21. The van der Waals surface area contributed by atoms with Gasteiger partial charge >= 0.3 is 5.38 Å². The van der Waals surface area contributed by atoms with Gasteiger partial charge in [-0.15, -0.1) is 0 Å². The second kappa shape index (κ2) is 5.71. The third-order valence-electron chi connectivity index (χ3n) is 1.95. The van der Waals surface area contributed by atoms with Crippen molar-refractivity contribution in [2.75, 3.05) is 0 Å². The van der Waals surface area contributed by atoms with E-state index < -0.39 is 22.3 Å². The van der Waals surface area contributed by atoms with Crippen LogP contribution < -0.4 is 0 Å². The van der Waals surface area contributed by atoms with Crippen LogP contribution in [0.3, 0.4) is 0 Å². The van der Waals surface area contributed by atoms with Crippen molar-refractivity contribution in [3.63, 3.8) is 0 Å². The lowest BCUT2D eigenvalue weighted by atomic mass is 10.2. The van der Waals surface area contributed by atoms with Gasteiger partial charge in [-0.25, -0.2) is 4.99 Å². The Balaban J connectivity index is 3.16. The van der Waals surface area contributed by atoms with Gasteiger partial charge in [0.2, 0.25) is 0 Å². The maximum atomic E-state index is 12.6. The van der Waals surface area contributed by atoms with Gasteiger partial charge in [0.15, 0.2) is 5.70 Å². The van der Waals surface area contributed by atoms with Crippen LogP contribution in [0.5, 0.6) is 0 Å². The maximum Gasteiger partial charge on any atom is 0.370 e. The lowest BCUT2D eigenvalue weighted by molar-refractivity contribution is 0.128. The Morgan fingerprint density at radius 3 is 2.06 bits per heavy atom. The summed E-state index contributed by atoms with van der Waals surface area (Å²) in [7, 11) is 0. The molecule has 0 aliphatic heterocycles. The van der Waals surface area contributed by atoms with E-state index in [-0.39, 0.29) is 5.56 Å². The highest BCUT2D eigenvalue weighted by Crippen LogP contribution is 2.33. The Morgan fingerprint density at radius 2 is 1.67 bits per heavy atom. The molecule has 0 heterocycles. The molecule has 0 bridgehead atoms. The summed E-state index contributed by atoms with van der Waals surface area (Å²) in [5.41, 5.74) is -0.713. The topological polar surface area (TPSA) is 12.4 Å². The standard InChI is InChI=1S/C11H7Cl2F4N/c1-6-2-4-7(5-3-6)9(12)18-8(10(14)15)11(13,16)17/h2-5H,1H3. The highest BCUT2D eigenvalue weighted by atomic mass is 35.5. The minimum absolute atomic E-state index is 0.238. The summed E-state index contributed by atoms with van der Waals surface area (Å²) in [6.07, 6.45) is -2.68. The molecule has 0 aliphatic carbocycles. The lowest BCUT2D eigenvalue weighted by Gasteiger charge is -2.08. The zero-order valence-corrected chi connectivity index (χ0v) is 10.5. The predicted octanol–water partition coefficient (Wildman–Crippen LogP) is 4.92. The molecule has 0 saturated carbocycles. The van der Waals surface area contributed by atoms with E-state index in [9.17, 15) is 17.6 Å². The second-order valence-electron chi connectivity index (χ2n) is 3.38. The van der Waals surface area contributed by atoms with E-state index >= 15 is 0 Å². The van der Waals surface area contributed by atoms with E-state index in [4.69, 9.17) is 11.6 Å². The number of aliphatic imine (C=N–C) groups is 1. The number of hydrogen-bond acceptors (Lipinski definition) is 1. The SMILES string of the molecule is Cc1ccc(C(Cl)=NC(=C(F)F)C(F)(F)Cl)cc1. The van der Waals surface area contributed by atoms with Crippen molar-refractivity contribution in [1.29, 1.82) is 0 Å². The molecule has 1 rings (SSSR count). The number of halogens is 6. The molecule has 18 heavy (non-hydrogen) atoms. The number of hydrogen-bond donors (Lipinski definition) is 0. The lowest BCUT2D eigenvalue weighted by Crippen LogP contribution is -2.11. The van der Waals surface area contributed by atoms with Gasteiger partial charge < -0.3 is 0 Å². The van der Waals surface area contributed by atoms with Crippen LogP contribution in [0.4, 0.5) is 17.6 Å². The van der Waals surface area contributed by atoms with Crippen LogP contribution >= 0.6 is 23.2 Å². The molecule has 0 atom stereocenters. The number of alkyl halides is 3. The van der Waals surface area contributed by atoms with Gasteiger partial charge in [-0.2, -0.15) is 17.6 Å². The van der Waals surface area contributed by atoms with E-state index in [0.29, 0.717) is 0 Å². The Hall–Kier alpha value is -1.07. The molecule has 1 aromatic rings. The Morgan fingerprint density at radius 1 is 1.17 bits per heavy atom. The average molecular weight is 300 g/mol. The average Bonchev–Trinajstić information content (AvgIpc) is 2.24. The van der Waals surface area contributed by atoms with Gasteiger partial charge in [0.25, 0.3) is 6.08 Å². The van der Waals surface area contributed by atoms with Gasteiger partial charge in [0.1, 0.15) is 5.17 Å². The van der Waals surface area contributed by atoms with Crippen molar-refractivity contribution >= 4 is 28.4 Å². The number of allylic oxidation sites excluding steroid dienone is 1. The third kappa shape index (κ3) is 3.99. The Labute approximate surface area is 111 Å². The molecule has 1 aromatic carbocycles.